The summed E-state index contributed by atoms with van der Waals surface area (Å²) in [6.45, 7) is 3.22. The fourth-order valence-electron chi connectivity index (χ4n) is 2.20. The van der Waals surface area contributed by atoms with E-state index in [0.717, 1.165) is 17.5 Å². The molecule has 0 radical (unpaired) electrons. The van der Waals surface area contributed by atoms with Gasteiger partial charge in [-0.25, -0.2) is 0 Å². The number of hydrogen-bond donors (Lipinski definition) is 1. The summed E-state index contributed by atoms with van der Waals surface area (Å²) in [5, 5.41) is 4.02. The minimum atomic E-state index is -0.0213. The van der Waals surface area contributed by atoms with Crippen LogP contribution in [0.5, 0.6) is 0 Å². The Hall–Kier alpha value is -1.79. The Morgan fingerprint density at radius 3 is 3.11 bits per heavy atom. The molecule has 1 saturated heterocycles. The van der Waals surface area contributed by atoms with Crippen molar-refractivity contribution in [3.63, 3.8) is 0 Å². The van der Waals surface area contributed by atoms with Crippen LogP contribution in [0.4, 0.5) is 0 Å². The van der Waals surface area contributed by atoms with Crippen LogP contribution < -0.4 is 5.73 Å². The third kappa shape index (κ3) is 2.36. The van der Waals surface area contributed by atoms with Gasteiger partial charge in [0.15, 0.2) is 0 Å². The molecule has 0 bridgehead atoms. The molecule has 1 aliphatic heterocycles. The minimum Gasteiger partial charge on any atom is -0.381 e. The lowest BCUT2D eigenvalue weighted by Crippen LogP contribution is -2.37. The van der Waals surface area contributed by atoms with E-state index in [2.05, 4.69) is 15.1 Å². The highest BCUT2D eigenvalue weighted by Gasteiger charge is 2.29. The van der Waals surface area contributed by atoms with Gasteiger partial charge >= 0.3 is 0 Å². The standard InChI is InChI=1S/C13H16N4O2/c1-8-2-4-15-6-9(8)12-16-13(19-17-12)10-7-18-5-3-11(10)14/h2,4,6,10-11H,3,5,7,14H2,1H3. The molecule has 2 aromatic heterocycles. The summed E-state index contributed by atoms with van der Waals surface area (Å²) >= 11 is 0. The fraction of sp³-hybridized carbons (Fsp3) is 0.462. The van der Waals surface area contributed by atoms with E-state index in [-0.39, 0.29) is 12.0 Å². The molecule has 100 valence electrons. The van der Waals surface area contributed by atoms with Crippen molar-refractivity contribution in [2.24, 2.45) is 5.73 Å². The second-order valence-corrected chi connectivity index (χ2v) is 4.78. The van der Waals surface area contributed by atoms with Gasteiger partial charge in [0.05, 0.1) is 12.5 Å². The molecule has 6 nitrogen and oxygen atoms in total. The normalized spacial score (nSPS) is 23.5. The Balaban J connectivity index is 1.89. The number of nitrogens with two attached hydrogens (primary N) is 1. The number of nitrogens with zero attached hydrogens (tertiary/aromatic N) is 3. The molecule has 3 rings (SSSR count). The van der Waals surface area contributed by atoms with E-state index < -0.39 is 0 Å². The maximum Gasteiger partial charge on any atom is 0.233 e. The fourth-order valence-corrected chi connectivity index (χ4v) is 2.20. The molecule has 2 unspecified atom stereocenters. The van der Waals surface area contributed by atoms with Crippen molar-refractivity contribution in [2.45, 2.75) is 25.3 Å². The minimum absolute atomic E-state index is 0.0112. The molecular formula is C13H16N4O2. The monoisotopic (exact) mass is 260 g/mol. The third-order valence-electron chi connectivity index (χ3n) is 3.45. The van der Waals surface area contributed by atoms with Crippen LogP contribution in [0.2, 0.25) is 0 Å². The van der Waals surface area contributed by atoms with Crippen molar-refractivity contribution in [1.82, 2.24) is 15.1 Å². The van der Waals surface area contributed by atoms with E-state index in [9.17, 15) is 0 Å². The number of aromatic nitrogens is 3. The summed E-state index contributed by atoms with van der Waals surface area (Å²) in [5.74, 6) is 1.08. The predicted molar refractivity (Wildman–Crippen MR) is 68.4 cm³/mol. The van der Waals surface area contributed by atoms with Crippen LogP contribution in [0, 0.1) is 6.92 Å². The molecule has 1 aliphatic rings. The van der Waals surface area contributed by atoms with Gasteiger partial charge in [-0.1, -0.05) is 5.16 Å². The van der Waals surface area contributed by atoms with Crippen molar-refractivity contribution in [1.29, 1.82) is 0 Å². The summed E-state index contributed by atoms with van der Waals surface area (Å²) < 4.78 is 10.8. The Morgan fingerprint density at radius 1 is 1.42 bits per heavy atom. The van der Waals surface area contributed by atoms with E-state index in [1.165, 1.54) is 0 Å². The molecule has 0 spiro atoms. The molecule has 0 aromatic carbocycles. The molecule has 0 aliphatic carbocycles. The van der Waals surface area contributed by atoms with Gasteiger partial charge in [0, 0.05) is 30.6 Å². The van der Waals surface area contributed by atoms with Crippen LogP contribution in [0.3, 0.4) is 0 Å². The number of pyridine rings is 1. The van der Waals surface area contributed by atoms with Crippen LogP contribution in [0.15, 0.2) is 23.0 Å². The quantitative estimate of drug-likeness (QED) is 0.875. The van der Waals surface area contributed by atoms with E-state index >= 15 is 0 Å². The molecule has 0 saturated carbocycles. The first-order chi connectivity index (χ1) is 9.25. The summed E-state index contributed by atoms with van der Waals surface area (Å²) in [6.07, 6.45) is 4.29. The average molecular weight is 260 g/mol. The van der Waals surface area contributed by atoms with Crippen LogP contribution in [-0.4, -0.2) is 34.4 Å². The summed E-state index contributed by atoms with van der Waals surface area (Å²) in [6, 6.07) is 1.93. The molecule has 1 fully saturated rings. The molecule has 6 heteroatoms. The lowest BCUT2D eigenvalue weighted by molar-refractivity contribution is 0.0590. The molecular weight excluding hydrogens is 244 g/mol. The zero-order chi connectivity index (χ0) is 13.2. The van der Waals surface area contributed by atoms with Gasteiger partial charge in [-0.15, -0.1) is 0 Å². The molecule has 0 amide bonds. The second-order valence-electron chi connectivity index (χ2n) is 4.78. The first kappa shape index (κ1) is 12.3. The van der Waals surface area contributed by atoms with Crippen LogP contribution in [0.25, 0.3) is 11.4 Å². The number of ether oxygens (including phenoxy) is 1. The Kier molecular flexibility index (Phi) is 3.27. The van der Waals surface area contributed by atoms with Gasteiger partial charge in [0.25, 0.3) is 0 Å². The first-order valence-electron chi connectivity index (χ1n) is 6.33. The highest BCUT2D eigenvalue weighted by atomic mass is 16.5. The van der Waals surface area contributed by atoms with Gasteiger partial charge in [-0.3, -0.25) is 4.98 Å². The van der Waals surface area contributed by atoms with E-state index in [1.807, 2.05) is 13.0 Å². The van der Waals surface area contributed by atoms with Crippen molar-refractivity contribution >= 4 is 0 Å². The maximum absolute atomic E-state index is 6.07. The van der Waals surface area contributed by atoms with Crippen LogP contribution in [0.1, 0.15) is 23.8 Å². The average Bonchev–Trinajstić information content (AvgIpc) is 2.89. The number of rotatable bonds is 2. The Bertz CT molecular complexity index is 569. The third-order valence-corrected chi connectivity index (χ3v) is 3.45. The molecule has 3 heterocycles. The zero-order valence-electron chi connectivity index (χ0n) is 10.7. The highest BCUT2D eigenvalue weighted by Crippen LogP contribution is 2.26. The Morgan fingerprint density at radius 2 is 2.32 bits per heavy atom. The topological polar surface area (TPSA) is 87.1 Å². The van der Waals surface area contributed by atoms with Gasteiger partial charge in [-0.05, 0) is 25.0 Å². The highest BCUT2D eigenvalue weighted by molar-refractivity contribution is 5.57. The van der Waals surface area contributed by atoms with E-state index in [4.69, 9.17) is 15.0 Å². The molecule has 2 atom stereocenters. The predicted octanol–water partition coefficient (Wildman–Crippen LogP) is 1.27. The summed E-state index contributed by atoms with van der Waals surface area (Å²) in [4.78, 5) is 8.53. The van der Waals surface area contributed by atoms with Crippen molar-refractivity contribution in [2.75, 3.05) is 13.2 Å². The van der Waals surface area contributed by atoms with Crippen LogP contribution in [-0.2, 0) is 4.74 Å². The second kappa shape index (κ2) is 5.07. The molecule has 2 aromatic rings. The first-order valence-corrected chi connectivity index (χ1v) is 6.33. The summed E-state index contributed by atoms with van der Waals surface area (Å²) in [5.41, 5.74) is 8.01. The van der Waals surface area contributed by atoms with E-state index in [0.29, 0.717) is 24.9 Å². The smallest absolute Gasteiger partial charge is 0.233 e. The number of hydrogen-bond acceptors (Lipinski definition) is 6. The van der Waals surface area contributed by atoms with Crippen molar-refractivity contribution in [3.8, 4) is 11.4 Å². The largest absolute Gasteiger partial charge is 0.381 e. The molecule has 19 heavy (non-hydrogen) atoms. The van der Waals surface area contributed by atoms with E-state index in [1.54, 1.807) is 12.4 Å². The maximum atomic E-state index is 6.07. The van der Waals surface area contributed by atoms with Gasteiger partial charge in [0.1, 0.15) is 0 Å². The van der Waals surface area contributed by atoms with Gasteiger partial charge in [0.2, 0.25) is 11.7 Å². The Labute approximate surface area is 111 Å². The lowest BCUT2D eigenvalue weighted by Gasteiger charge is -2.25. The zero-order valence-corrected chi connectivity index (χ0v) is 10.7. The van der Waals surface area contributed by atoms with Gasteiger partial charge < -0.3 is 15.0 Å². The lowest BCUT2D eigenvalue weighted by atomic mass is 9.97. The SMILES string of the molecule is Cc1ccncc1-c1noc(C2COCCC2N)n1. The number of aryl methyl sites for hydroxylation is 1. The summed E-state index contributed by atoms with van der Waals surface area (Å²) in [7, 11) is 0. The molecule has 2 N–H and O–H groups in total. The van der Waals surface area contributed by atoms with Crippen molar-refractivity contribution < 1.29 is 9.26 Å². The van der Waals surface area contributed by atoms with Crippen molar-refractivity contribution in [3.05, 3.63) is 29.9 Å². The van der Waals surface area contributed by atoms with Gasteiger partial charge in [-0.2, -0.15) is 4.98 Å². The van der Waals surface area contributed by atoms with Crippen LogP contribution >= 0.6 is 0 Å².